The summed E-state index contributed by atoms with van der Waals surface area (Å²) >= 11 is 0. The molecule has 0 fully saturated rings. The number of amides is 4. The van der Waals surface area contributed by atoms with Crippen molar-refractivity contribution >= 4 is 23.6 Å². The Morgan fingerprint density at radius 1 is 0.704 bits per heavy atom. The van der Waals surface area contributed by atoms with Crippen LogP contribution in [0, 0.1) is 11.8 Å². The number of carbonyl (C=O) groups is 4. The van der Waals surface area contributed by atoms with Crippen molar-refractivity contribution in [3.8, 4) is 0 Å². The van der Waals surface area contributed by atoms with Crippen molar-refractivity contribution in [3.05, 3.63) is 24.3 Å². The molecule has 0 aromatic rings. The van der Waals surface area contributed by atoms with E-state index in [4.69, 9.17) is 0 Å². The van der Waals surface area contributed by atoms with Gasteiger partial charge in [0.25, 0.3) is 23.6 Å². The molecule has 148 valence electrons. The largest absolute Gasteiger partial charge is 0.275 e. The third-order valence-corrected chi connectivity index (χ3v) is 5.55. The predicted octanol–water partition coefficient (Wildman–Crippen LogP) is 2.84. The standard InChI is InChI=1S/C21H30N2O4/c1-3-4-5-7-17(8-6-14-22-18(24)9-10-19(22)25)16(2)13-15-23-20(26)11-12-21(23)27/h9-12,16-17H,3-8,13-15H2,1-2H3. The lowest BCUT2D eigenvalue weighted by Gasteiger charge is -2.26. The second-order valence-corrected chi connectivity index (χ2v) is 7.49. The summed E-state index contributed by atoms with van der Waals surface area (Å²) in [7, 11) is 0. The van der Waals surface area contributed by atoms with Crippen LogP contribution in [0.3, 0.4) is 0 Å². The van der Waals surface area contributed by atoms with Gasteiger partial charge in [-0.25, -0.2) is 0 Å². The average molecular weight is 374 g/mol. The molecule has 6 heteroatoms. The summed E-state index contributed by atoms with van der Waals surface area (Å²) in [6, 6.07) is 0. The summed E-state index contributed by atoms with van der Waals surface area (Å²) in [4.78, 5) is 49.3. The Kier molecular flexibility index (Phi) is 7.95. The molecule has 2 aliphatic heterocycles. The van der Waals surface area contributed by atoms with E-state index < -0.39 is 0 Å². The Morgan fingerprint density at radius 2 is 1.19 bits per heavy atom. The van der Waals surface area contributed by atoms with Gasteiger partial charge >= 0.3 is 0 Å². The molecule has 0 aromatic heterocycles. The van der Waals surface area contributed by atoms with E-state index in [1.54, 1.807) is 0 Å². The molecular weight excluding hydrogens is 344 g/mol. The van der Waals surface area contributed by atoms with E-state index in [0.717, 1.165) is 38.5 Å². The number of nitrogens with zero attached hydrogens (tertiary/aromatic N) is 2. The van der Waals surface area contributed by atoms with Gasteiger partial charge in [0.1, 0.15) is 0 Å². The number of hydrogen-bond donors (Lipinski definition) is 0. The molecule has 2 heterocycles. The fraction of sp³-hybridized carbons (Fsp3) is 0.619. The monoisotopic (exact) mass is 374 g/mol. The molecule has 0 radical (unpaired) electrons. The van der Waals surface area contributed by atoms with Crippen molar-refractivity contribution in [1.82, 2.24) is 9.80 Å². The molecule has 0 aliphatic carbocycles. The number of unbranched alkanes of at least 4 members (excludes halogenated alkanes) is 2. The van der Waals surface area contributed by atoms with Gasteiger partial charge in [-0.3, -0.25) is 29.0 Å². The minimum Gasteiger partial charge on any atom is -0.275 e. The van der Waals surface area contributed by atoms with E-state index in [0.29, 0.717) is 24.9 Å². The van der Waals surface area contributed by atoms with Crippen LogP contribution >= 0.6 is 0 Å². The van der Waals surface area contributed by atoms with E-state index in [2.05, 4.69) is 13.8 Å². The lowest BCUT2D eigenvalue weighted by molar-refractivity contribution is -0.138. The molecule has 0 bridgehead atoms. The summed E-state index contributed by atoms with van der Waals surface area (Å²) in [5.41, 5.74) is 0. The number of rotatable bonds is 12. The molecule has 0 saturated carbocycles. The summed E-state index contributed by atoms with van der Waals surface area (Å²) in [5, 5.41) is 0. The Morgan fingerprint density at radius 3 is 1.70 bits per heavy atom. The van der Waals surface area contributed by atoms with E-state index >= 15 is 0 Å². The summed E-state index contributed by atoms with van der Waals surface area (Å²) in [6.07, 6.45) is 12.4. The van der Waals surface area contributed by atoms with Crippen LogP contribution < -0.4 is 0 Å². The number of imide groups is 2. The van der Waals surface area contributed by atoms with Crippen molar-refractivity contribution in [2.24, 2.45) is 11.8 Å². The van der Waals surface area contributed by atoms with Gasteiger partial charge in [0.15, 0.2) is 0 Å². The highest BCUT2D eigenvalue weighted by Crippen LogP contribution is 2.27. The molecule has 2 rings (SSSR count). The number of hydrogen-bond acceptors (Lipinski definition) is 4. The predicted molar refractivity (Wildman–Crippen MR) is 102 cm³/mol. The molecule has 2 unspecified atom stereocenters. The van der Waals surface area contributed by atoms with Gasteiger partial charge in [-0.05, 0) is 31.1 Å². The first-order chi connectivity index (χ1) is 12.9. The highest BCUT2D eigenvalue weighted by molar-refractivity contribution is 6.13. The molecule has 0 spiro atoms. The topological polar surface area (TPSA) is 74.8 Å². The van der Waals surface area contributed by atoms with Crippen LogP contribution in [0.25, 0.3) is 0 Å². The van der Waals surface area contributed by atoms with Gasteiger partial charge in [-0.1, -0.05) is 39.5 Å². The van der Waals surface area contributed by atoms with Crippen LogP contribution in [0.5, 0.6) is 0 Å². The maximum atomic E-state index is 11.7. The van der Waals surface area contributed by atoms with E-state index in [9.17, 15) is 19.2 Å². The summed E-state index contributed by atoms with van der Waals surface area (Å²) in [6.45, 7) is 5.24. The molecular formula is C21H30N2O4. The zero-order valence-corrected chi connectivity index (χ0v) is 16.4. The molecule has 27 heavy (non-hydrogen) atoms. The van der Waals surface area contributed by atoms with Crippen molar-refractivity contribution in [2.45, 2.75) is 58.8 Å². The summed E-state index contributed by atoms with van der Waals surface area (Å²) < 4.78 is 0. The Balaban J connectivity index is 1.82. The van der Waals surface area contributed by atoms with Gasteiger partial charge in [0.2, 0.25) is 0 Å². The van der Waals surface area contributed by atoms with Gasteiger partial charge in [-0.15, -0.1) is 0 Å². The average Bonchev–Trinajstić information content (AvgIpc) is 3.13. The molecule has 0 saturated heterocycles. The third kappa shape index (κ3) is 5.88. The molecule has 2 aliphatic rings. The van der Waals surface area contributed by atoms with E-state index in [1.165, 1.54) is 40.5 Å². The second-order valence-electron chi connectivity index (χ2n) is 7.49. The number of carbonyl (C=O) groups excluding carboxylic acids is 4. The Bertz CT molecular complexity index is 602. The first kappa shape index (κ1) is 21.1. The lowest BCUT2D eigenvalue weighted by atomic mass is 9.83. The van der Waals surface area contributed by atoms with Gasteiger partial charge in [0, 0.05) is 37.4 Å². The van der Waals surface area contributed by atoms with Gasteiger partial charge in [-0.2, -0.15) is 0 Å². The van der Waals surface area contributed by atoms with Crippen LogP contribution in [0.15, 0.2) is 24.3 Å². The van der Waals surface area contributed by atoms with Crippen molar-refractivity contribution in [2.75, 3.05) is 13.1 Å². The second kappa shape index (κ2) is 10.2. The maximum Gasteiger partial charge on any atom is 0.253 e. The van der Waals surface area contributed by atoms with Crippen molar-refractivity contribution in [1.29, 1.82) is 0 Å². The first-order valence-electron chi connectivity index (χ1n) is 10.0. The normalized spacial score (nSPS) is 18.9. The van der Waals surface area contributed by atoms with Crippen molar-refractivity contribution < 1.29 is 19.2 Å². The Hall–Kier alpha value is -2.24. The van der Waals surface area contributed by atoms with Crippen molar-refractivity contribution in [3.63, 3.8) is 0 Å². The van der Waals surface area contributed by atoms with Crippen LogP contribution in [0.2, 0.25) is 0 Å². The van der Waals surface area contributed by atoms with Crippen LogP contribution in [0.1, 0.15) is 58.8 Å². The highest BCUT2D eigenvalue weighted by atomic mass is 16.2. The third-order valence-electron chi connectivity index (χ3n) is 5.55. The fourth-order valence-corrected chi connectivity index (χ4v) is 3.75. The molecule has 6 nitrogen and oxygen atoms in total. The zero-order chi connectivity index (χ0) is 19.8. The SMILES string of the molecule is CCCCCC(CCCN1C(=O)C=CC1=O)C(C)CCN1C(=O)C=CC1=O. The van der Waals surface area contributed by atoms with E-state index in [-0.39, 0.29) is 23.6 Å². The molecule has 2 atom stereocenters. The minimum absolute atomic E-state index is 0.228. The van der Waals surface area contributed by atoms with E-state index in [1.807, 2.05) is 0 Å². The van der Waals surface area contributed by atoms with Crippen LogP contribution in [-0.2, 0) is 19.2 Å². The van der Waals surface area contributed by atoms with Crippen LogP contribution in [0.4, 0.5) is 0 Å². The van der Waals surface area contributed by atoms with Gasteiger partial charge < -0.3 is 0 Å². The maximum absolute atomic E-state index is 11.7. The lowest BCUT2D eigenvalue weighted by Crippen LogP contribution is -2.33. The molecule has 4 amide bonds. The highest BCUT2D eigenvalue weighted by Gasteiger charge is 2.26. The smallest absolute Gasteiger partial charge is 0.253 e. The van der Waals surface area contributed by atoms with Gasteiger partial charge in [0.05, 0.1) is 0 Å². The first-order valence-corrected chi connectivity index (χ1v) is 10.0. The zero-order valence-electron chi connectivity index (χ0n) is 16.4. The van der Waals surface area contributed by atoms with Crippen LogP contribution in [-0.4, -0.2) is 46.5 Å². The molecule has 0 aromatic carbocycles. The molecule has 0 N–H and O–H groups in total. The minimum atomic E-state index is -0.228. The fourth-order valence-electron chi connectivity index (χ4n) is 3.75. The Labute approximate surface area is 161 Å². The summed E-state index contributed by atoms with van der Waals surface area (Å²) in [5.74, 6) is -0.0888. The quantitative estimate of drug-likeness (QED) is 0.389.